The number of carbonyl (C=O) groups is 2. The summed E-state index contributed by atoms with van der Waals surface area (Å²) < 4.78 is 5.32. The van der Waals surface area contributed by atoms with Crippen LogP contribution in [0, 0.1) is 0 Å². The van der Waals surface area contributed by atoms with Crippen molar-refractivity contribution in [2.75, 3.05) is 177 Å². The molecule has 93 heavy (non-hydrogen) atoms. The Balaban J connectivity index is 0.000000151. The van der Waals surface area contributed by atoms with Gasteiger partial charge in [-0.25, -0.2) is 4.79 Å². The molecule has 2 bridgehead atoms. The summed E-state index contributed by atoms with van der Waals surface area (Å²) in [6.45, 7) is 44.2. The lowest BCUT2D eigenvalue weighted by molar-refractivity contribution is -0.132. The molecule has 0 N–H and O–H groups in total. The van der Waals surface area contributed by atoms with E-state index < -0.39 is 0 Å². The highest BCUT2D eigenvalue weighted by molar-refractivity contribution is 5.78. The third-order valence-electron chi connectivity index (χ3n) is 20.5. The average Bonchev–Trinajstić information content (AvgIpc) is 1.81. The van der Waals surface area contributed by atoms with Gasteiger partial charge in [0, 0.05) is 157 Å². The van der Waals surface area contributed by atoms with Gasteiger partial charge in [-0.15, -0.1) is 0 Å². The minimum absolute atomic E-state index is 0.170. The molecule has 14 heteroatoms. The van der Waals surface area contributed by atoms with E-state index in [1.54, 1.807) is 0 Å². The van der Waals surface area contributed by atoms with Crippen LogP contribution in [-0.4, -0.2) is 218 Å². The molecule has 3 amide bonds. The van der Waals surface area contributed by atoms with Gasteiger partial charge in [-0.05, 0) is 179 Å². The number of ether oxygens (including phenoxy) is 1. The van der Waals surface area contributed by atoms with E-state index in [1.165, 1.54) is 102 Å². The van der Waals surface area contributed by atoms with Crippen LogP contribution >= 0.6 is 0 Å². The van der Waals surface area contributed by atoms with Crippen LogP contribution in [0.25, 0.3) is 0 Å². The van der Waals surface area contributed by atoms with Gasteiger partial charge in [0.25, 0.3) is 0 Å². The summed E-state index contributed by atoms with van der Waals surface area (Å²) in [5.74, 6) is 3.25. The molecule has 12 rings (SSSR count). The van der Waals surface area contributed by atoms with Crippen molar-refractivity contribution < 1.29 is 14.3 Å². The molecule has 7 fully saturated rings. The Kier molecular flexibility index (Phi) is 27.2. The average molecular weight is 1270 g/mol. The van der Waals surface area contributed by atoms with E-state index in [2.05, 4.69) is 253 Å². The second-order valence-corrected chi connectivity index (χ2v) is 29.3. The van der Waals surface area contributed by atoms with E-state index in [-0.39, 0.29) is 11.9 Å². The summed E-state index contributed by atoms with van der Waals surface area (Å²) in [5.41, 5.74) is 13.7. The van der Waals surface area contributed by atoms with Crippen molar-refractivity contribution in [3.05, 3.63) is 149 Å². The SMILES string of the molecule is CC(C)c1ccc(N2CC(C)N(C)C(C)C2)cc1.CC(C)c1ccc(N2CC3CC2CN3C)cc1.CC(C)c1ccc(N2CCCC2)cc1.CC(C)c1ccc(N2CCN(C(=O)CN(C)C)CC2)cc1.CC(C)c1ccc(N2CCN(C(=O)N3CCOCC3)CC2)cc1. The Labute approximate surface area is 563 Å². The maximum absolute atomic E-state index is 12.5. The highest BCUT2D eigenvalue weighted by Gasteiger charge is 2.41. The van der Waals surface area contributed by atoms with Gasteiger partial charge in [0.2, 0.25) is 5.91 Å². The van der Waals surface area contributed by atoms with E-state index in [4.69, 9.17) is 4.74 Å². The number of nitrogens with zero attached hydrogens (tertiary/aromatic N) is 11. The summed E-state index contributed by atoms with van der Waals surface area (Å²) in [4.78, 5) is 49.6. The van der Waals surface area contributed by atoms with E-state index in [0.29, 0.717) is 61.4 Å². The Morgan fingerprint density at radius 2 is 0.742 bits per heavy atom. The highest BCUT2D eigenvalue weighted by atomic mass is 16.5. The van der Waals surface area contributed by atoms with Gasteiger partial charge in [0.15, 0.2) is 0 Å². The number of anilines is 5. The first-order valence-electron chi connectivity index (χ1n) is 35.8. The molecule has 7 heterocycles. The maximum atomic E-state index is 12.5. The molecule has 5 aromatic rings. The first kappa shape index (κ1) is 72.5. The number of benzene rings is 5. The molecular formula is C79H121N11O3. The van der Waals surface area contributed by atoms with Crippen molar-refractivity contribution in [3.8, 4) is 0 Å². The van der Waals surface area contributed by atoms with E-state index >= 15 is 0 Å². The largest absolute Gasteiger partial charge is 0.378 e. The number of likely N-dealkylation sites (N-methyl/N-ethyl adjacent to an activating group) is 3. The van der Waals surface area contributed by atoms with Crippen LogP contribution in [0.2, 0.25) is 0 Å². The fourth-order valence-corrected chi connectivity index (χ4v) is 13.8. The second kappa shape index (κ2) is 34.9. The summed E-state index contributed by atoms with van der Waals surface area (Å²) in [7, 11) is 8.35. The highest BCUT2D eigenvalue weighted by Crippen LogP contribution is 2.35. The lowest BCUT2D eigenvalue weighted by Gasteiger charge is -2.43. The smallest absolute Gasteiger partial charge is 0.320 e. The monoisotopic (exact) mass is 1270 g/mol. The van der Waals surface area contributed by atoms with Crippen LogP contribution in [0.5, 0.6) is 0 Å². The fraction of sp³-hybridized carbons (Fsp3) is 0.595. The molecule has 5 aromatic carbocycles. The predicted molar refractivity (Wildman–Crippen MR) is 394 cm³/mol. The number of likely N-dealkylation sites (tertiary alicyclic amines) is 1. The molecule has 0 radical (unpaired) electrons. The van der Waals surface area contributed by atoms with Crippen LogP contribution in [0.15, 0.2) is 121 Å². The van der Waals surface area contributed by atoms with Gasteiger partial charge in [0.1, 0.15) is 0 Å². The number of carbonyl (C=O) groups excluding carboxylic acids is 2. The zero-order chi connectivity index (χ0) is 66.9. The number of hydrogen-bond acceptors (Lipinski definition) is 11. The maximum Gasteiger partial charge on any atom is 0.320 e. The minimum atomic E-state index is 0.170. The Hall–Kier alpha value is -6.32. The lowest BCUT2D eigenvalue weighted by Crippen LogP contribution is -2.55. The second-order valence-electron chi connectivity index (χ2n) is 29.3. The number of urea groups is 1. The van der Waals surface area contributed by atoms with Crippen molar-refractivity contribution in [1.82, 2.24) is 29.4 Å². The van der Waals surface area contributed by atoms with Crippen molar-refractivity contribution in [2.24, 2.45) is 0 Å². The van der Waals surface area contributed by atoms with Crippen molar-refractivity contribution >= 4 is 40.4 Å². The Bertz CT molecular complexity index is 2960. The first-order chi connectivity index (χ1) is 44.5. The summed E-state index contributed by atoms with van der Waals surface area (Å²) in [5, 5.41) is 0. The van der Waals surface area contributed by atoms with Gasteiger partial charge >= 0.3 is 6.03 Å². The van der Waals surface area contributed by atoms with E-state index in [9.17, 15) is 9.59 Å². The molecule has 510 valence electrons. The zero-order valence-electron chi connectivity index (χ0n) is 60.4. The minimum Gasteiger partial charge on any atom is -0.378 e. The first-order valence-corrected chi connectivity index (χ1v) is 35.8. The van der Waals surface area contributed by atoms with Crippen LogP contribution in [0.4, 0.5) is 33.2 Å². The number of rotatable bonds is 12. The van der Waals surface area contributed by atoms with Crippen molar-refractivity contribution in [1.29, 1.82) is 0 Å². The molecule has 7 aliphatic heterocycles. The fourth-order valence-electron chi connectivity index (χ4n) is 13.8. The molecule has 0 spiro atoms. The van der Waals surface area contributed by atoms with Crippen LogP contribution in [-0.2, 0) is 9.53 Å². The topological polar surface area (TPSA) is 79.0 Å². The van der Waals surface area contributed by atoms with Gasteiger partial charge in [-0.2, -0.15) is 0 Å². The van der Waals surface area contributed by atoms with Gasteiger partial charge in [0.05, 0.1) is 19.8 Å². The summed E-state index contributed by atoms with van der Waals surface area (Å²) in [6.07, 6.45) is 4.06. The lowest BCUT2D eigenvalue weighted by atomic mass is 10.0. The number of fused-ring (bicyclic) bond motifs is 2. The predicted octanol–water partition coefficient (Wildman–Crippen LogP) is 13.9. The summed E-state index contributed by atoms with van der Waals surface area (Å²) >= 11 is 0. The normalized spacial score (nSPS) is 21.1. The Morgan fingerprint density at radius 3 is 1.08 bits per heavy atom. The van der Waals surface area contributed by atoms with Gasteiger partial charge < -0.3 is 48.8 Å². The molecule has 4 atom stereocenters. The quantitative estimate of drug-likeness (QED) is 0.120. The van der Waals surface area contributed by atoms with Crippen LogP contribution < -0.4 is 24.5 Å². The zero-order valence-corrected chi connectivity index (χ0v) is 60.4. The molecule has 4 unspecified atom stereocenters. The molecule has 0 saturated carbocycles. The van der Waals surface area contributed by atoms with E-state index in [0.717, 1.165) is 90.6 Å². The van der Waals surface area contributed by atoms with E-state index in [1.807, 2.05) is 33.7 Å². The molecular weight excluding hydrogens is 1150 g/mol. The molecule has 7 aliphatic rings. The number of amides is 3. The molecule has 7 saturated heterocycles. The van der Waals surface area contributed by atoms with Crippen molar-refractivity contribution in [2.45, 2.75) is 156 Å². The molecule has 0 aromatic heterocycles. The third-order valence-corrected chi connectivity index (χ3v) is 20.5. The van der Waals surface area contributed by atoms with Gasteiger partial charge in [-0.3, -0.25) is 14.6 Å². The standard InChI is InChI=1S/C18H27N3O2.C17H27N3O.C16H26N2.C15H22N2.C13H19N/c1-15(2)16-3-5-17(6-4-16)19-7-9-20(10-8-19)18(22)21-11-13-23-14-12-21;1-14(2)15-5-7-16(8-6-15)19-9-11-20(12-10-19)17(21)13-18(3)4;1-12(2)15-6-8-16(9-7-15)18-10-13(3)17(5)14(4)11-18;1-11(2)12-4-6-13(7-5-12)17-10-14-8-15(17)9-16(14)3;1-11(2)12-5-7-13(8-6-12)14-9-3-4-10-14/h3-6,15H,7-14H2,1-2H3;5-8,14H,9-13H2,1-4H3;6-9,12-14H,10-11H2,1-5H3;4-7,11,14-15H,8-10H2,1-3H3;5-8,11H,3-4,9-10H2,1-2H3. The van der Waals surface area contributed by atoms with Crippen LogP contribution in [0.1, 0.15) is 160 Å². The number of piperazine rings is 4. The number of morpholine rings is 1. The number of hydrogen-bond donors (Lipinski definition) is 0. The Morgan fingerprint density at radius 1 is 0.409 bits per heavy atom. The van der Waals surface area contributed by atoms with Crippen molar-refractivity contribution in [3.63, 3.8) is 0 Å². The molecule has 0 aliphatic carbocycles. The molecule has 14 nitrogen and oxygen atoms in total. The van der Waals surface area contributed by atoms with Crippen LogP contribution in [0.3, 0.4) is 0 Å². The van der Waals surface area contributed by atoms with Gasteiger partial charge in [-0.1, -0.05) is 130 Å². The summed E-state index contributed by atoms with van der Waals surface area (Å²) in [6, 6.07) is 47.9. The third kappa shape index (κ3) is 20.6.